The molecule has 0 bridgehead atoms. The Bertz CT molecular complexity index is 367. The molecule has 0 aromatic carbocycles. The third-order valence-corrected chi connectivity index (χ3v) is 3.79. The van der Waals surface area contributed by atoms with Crippen molar-refractivity contribution in [2.75, 3.05) is 39.3 Å². The van der Waals surface area contributed by atoms with Gasteiger partial charge in [-0.1, -0.05) is 0 Å². The van der Waals surface area contributed by atoms with E-state index < -0.39 is 6.04 Å². The van der Waals surface area contributed by atoms with Crippen LogP contribution in [-0.2, 0) is 14.3 Å². The minimum atomic E-state index is -0.399. The average molecular weight is 284 g/mol. The monoisotopic (exact) mass is 284 g/mol. The summed E-state index contributed by atoms with van der Waals surface area (Å²) in [6.45, 7) is 7.34. The molecule has 2 fully saturated rings. The zero-order valence-corrected chi connectivity index (χ0v) is 12.2. The SMILES string of the molecule is CC1CN(C(=O)CN2CCNCC2C(N)=O)CC(C)O1. The van der Waals surface area contributed by atoms with Crippen LogP contribution in [-0.4, -0.2) is 79.1 Å². The summed E-state index contributed by atoms with van der Waals surface area (Å²) in [5.41, 5.74) is 5.39. The molecule has 2 heterocycles. The molecule has 2 saturated heterocycles. The van der Waals surface area contributed by atoms with Gasteiger partial charge in [0.1, 0.15) is 6.04 Å². The van der Waals surface area contributed by atoms with Crippen molar-refractivity contribution in [3.8, 4) is 0 Å². The molecule has 3 N–H and O–H groups in total. The lowest BCUT2D eigenvalue weighted by Gasteiger charge is -2.38. The van der Waals surface area contributed by atoms with Crippen molar-refractivity contribution in [3.63, 3.8) is 0 Å². The first-order valence-electron chi connectivity index (χ1n) is 7.14. The minimum absolute atomic E-state index is 0.0418. The van der Waals surface area contributed by atoms with Gasteiger partial charge in [0, 0.05) is 32.7 Å². The van der Waals surface area contributed by atoms with Crippen LogP contribution < -0.4 is 11.1 Å². The largest absolute Gasteiger partial charge is 0.372 e. The molecular weight excluding hydrogens is 260 g/mol. The first kappa shape index (κ1) is 15.2. The normalized spacial score (nSPS) is 32.1. The fraction of sp³-hybridized carbons (Fsp3) is 0.846. The molecule has 2 amide bonds. The van der Waals surface area contributed by atoms with Gasteiger partial charge in [-0.15, -0.1) is 0 Å². The van der Waals surface area contributed by atoms with Gasteiger partial charge in [0.25, 0.3) is 0 Å². The fourth-order valence-electron chi connectivity index (χ4n) is 2.87. The van der Waals surface area contributed by atoms with Gasteiger partial charge >= 0.3 is 0 Å². The van der Waals surface area contributed by atoms with E-state index in [0.717, 1.165) is 6.54 Å². The maximum atomic E-state index is 12.4. The molecule has 20 heavy (non-hydrogen) atoms. The molecule has 3 unspecified atom stereocenters. The first-order chi connectivity index (χ1) is 9.47. The van der Waals surface area contributed by atoms with Crippen LogP contribution >= 0.6 is 0 Å². The highest BCUT2D eigenvalue weighted by Gasteiger charge is 2.31. The Morgan fingerprint density at radius 1 is 1.30 bits per heavy atom. The lowest BCUT2D eigenvalue weighted by Crippen LogP contribution is -2.60. The van der Waals surface area contributed by atoms with Crippen LogP contribution in [0.1, 0.15) is 13.8 Å². The number of hydrogen-bond donors (Lipinski definition) is 2. The van der Waals surface area contributed by atoms with Crippen LogP contribution in [0.25, 0.3) is 0 Å². The lowest BCUT2D eigenvalue weighted by atomic mass is 10.1. The maximum absolute atomic E-state index is 12.4. The van der Waals surface area contributed by atoms with Crippen molar-refractivity contribution in [3.05, 3.63) is 0 Å². The topological polar surface area (TPSA) is 87.9 Å². The molecule has 0 radical (unpaired) electrons. The van der Waals surface area contributed by atoms with E-state index in [4.69, 9.17) is 10.5 Å². The molecule has 7 heteroatoms. The highest BCUT2D eigenvalue weighted by Crippen LogP contribution is 2.12. The van der Waals surface area contributed by atoms with Crippen LogP contribution in [0.5, 0.6) is 0 Å². The molecule has 114 valence electrons. The number of nitrogens with zero attached hydrogens (tertiary/aromatic N) is 2. The molecule has 0 spiro atoms. The van der Waals surface area contributed by atoms with Crippen LogP contribution in [0.15, 0.2) is 0 Å². The number of morpholine rings is 1. The van der Waals surface area contributed by atoms with E-state index >= 15 is 0 Å². The van der Waals surface area contributed by atoms with Crippen molar-refractivity contribution >= 4 is 11.8 Å². The van der Waals surface area contributed by atoms with Gasteiger partial charge in [0.05, 0.1) is 18.8 Å². The van der Waals surface area contributed by atoms with Crippen LogP contribution in [0, 0.1) is 0 Å². The molecule has 2 aliphatic heterocycles. The average Bonchev–Trinajstić information content (AvgIpc) is 2.37. The van der Waals surface area contributed by atoms with E-state index in [0.29, 0.717) is 26.2 Å². The molecule has 0 aromatic rings. The standard InChI is InChI=1S/C13H24N4O3/c1-9-6-17(7-10(2)20-9)12(18)8-16-4-3-15-5-11(16)13(14)19/h9-11,15H,3-8H2,1-2H3,(H2,14,19). The number of hydrogen-bond acceptors (Lipinski definition) is 5. The van der Waals surface area contributed by atoms with Gasteiger partial charge in [0.2, 0.25) is 11.8 Å². The Labute approximate surface area is 119 Å². The molecular formula is C13H24N4O3. The predicted molar refractivity (Wildman–Crippen MR) is 74.0 cm³/mol. The van der Waals surface area contributed by atoms with Crippen LogP contribution in [0.2, 0.25) is 0 Å². The molecule has 0 aromatic heterocycles. The molecule has 2 aliphatic rings. The predicted octanol–water partition coefficient (Wildman–Crippen LogP) is -1.62. The number of carbonyl (C=O) groups is 2. The Balaban J connectivity index is 1.94. The van der Waals surface area contributed by atoms with Crippen molar-refractivity contribution in [1.82, 2.24) is 15.1 Å². The van der Waals surface area contributed by atoms with Crippen molar-refractivity contribution < 1.29 is 14.3 Å². The second kappa shape index (κ2) is 6.51. The number of piperazine rings is 1. The number of carbonyl (C=O) groups excluding carboxylic acids is 2. The summed E-state index contributed by atoms with van der Waals surface area (Å²) >= 11 is 0. The first-order valence-corrected chi connectivity index (χ1v) is 7.14. The fourth-order valence-corrected chi connectivity index (χ4v) is 2.87. The van der Waals surface area contributed by atoms with Crippen LogP contribution in [0.4, 0.5) is 0 Å². The Kier molecular flexibility index (Phi) is 4.95. The molecule has 2 rings (SSSR count). The summed E-state index contributed by atoms with van der Waals surface area (Å²) in [7, 11) is 0. The van der Waals surface area contributed by atoms with Crippen molar-refractivity contribution in [1.29, 1.82) is 0 Å². The zero-order valence-electron chi connectivity index (χ0n) is 12.2. The maximum Gasteiger partial charge on any atom is 0.236 e. The van der Waals surface area contributed by atoms with Gasteiger partial charge < -0.3 is 20.7 Å². The van der Waals surface area contributed by atoms with Gasteiger partial charge in [-0.05, 0) is 13.8 Å². The highest BCUT2D eigenvalue weighted by molar-refractivity contribution is 5.83. The number of amides is 2. The summed E-state index contributed by atoms with van der Waals surface area (Å²) in [6.07, 6.45) is 0.107. The summed E-state index contributed by atoms with van der Waals surface area (Å²) in [6, 6.07) is -0.399. The Hall–Kier alpha value is -1.18. The summed E-state index contributed by atoms with van der Waals surface area (Å²) in [5.74, 6) is -0.339. The second-order valence-corrected chi connectivity index (χ2v) is 5.65. The van der Waals surface area contributed by atoms with Gasteiger partial charge in [-0.2, -0.15) is 0 Å². The van der Waals surface area contributed by atoms with Crippen LogP contribution in [0.3, 0.4) is 0 Å². The van der Waals surface area contributed by atoms with E-state index in [9.17, 15) is 9.59 Å². The Morgan fingerprint density at radius 2 is 1.95 bits per heavy atom. The van der Waals surface area contributed by atoms with Gasteiger partial charge in [-0.25, -0.2) is 0 Å². The second-order valence-electron chi connectivity index (χ2n) is 5.65. The molecule has 3 atom stereocenters. The van der Waals surface area contributed by atoms with Gasteiger partial charge in [-0.3, -0.25) is 14.5 Å². The number of rotatable bonds is 3. The van der Waals surface area contributed by atoms with Crippen molar-refractivity contribution in [2.24, 2.45) is 5.73 Å². The zero-order chi connectivity index (χ0) is 14.7. The third kappa shape index (κ3) is 3.68. The number of primary amides is 1. The lowest BCUT2D eigenvalue weighted by molar-refractivity contribution is -0.145. The van der Waals surface area contributed by atoms with E-state index in [-0.39, 0.29) is 30.6 Å². The summed E-state index contributed by atoms with van der Waals surface area (Å²) < 4.78 is 5.62. The van der Waals surface area contributed by atoms with E-state index in [1.165, 1.54) is 0 Å². The molecule has 0 saturated carbocycles. The van der Waals surface area contributed by atoms with E-state index in [1.807, 2.05) is 23.6 Å². The van der Waals surface area contributed by atoms with E-state index in [2.05, 4.69) is 5.32 Å². The molecule has 0 aliphatic carbocycles. The van der Waals surface area contributed by atoms with Gasteiger partial charge in [0.15, 0.2) is 0 Å². The number of nitrogens with two attached hydrogens (primary N) is 1. The minimum Gasteiger partial charge on any atom is -0.372 e. The van der Waals surface area contributed by atoms with E-state index in [1.54, 1.807) is 0 Å². The number of ether oxygens (including phenoxy) is 1. The highest BCUT2D eigenvalue weighted by atomic mass is 16.5. The summed E-state index contributed by atoms with van der Waals surface area (Å²) in [4.78, 5) is 27.5. The summed E-state index contributed by atoms with van der Waals surface area (Å²) in [5, 5.41) is 3.13. The van der Waals surface area contributed by atoms with Crippen molar-refractivity contribution in [2.45, 2.75) is 32.1 Å². The third-order valence-electron chi connectivity index (χ3n) is 3.79. The smallest absolute Gasteiger partial charge is 0.236 e. The Morgan fingerprint density at radius 3 is 2.55 bits per heavy atom. The molecule has 7 nitrogen and oxygen atoms in total. The quantitative estimate of drug-likeness (QED) is 0.650. The number of nitrogens with one attached hydrogen (secondary N) is 1.